The molecule has 0 saturated carbocycles. The summed E-state index contributed by atoms with van der Waals surface area (Å²) in [4.78, 5) is 32.4. The largest absolute Gasteiger partial charge is 0.448 e. The van der Waals surface area contributed by atoms with Gasteiger partial charge >= 0.3 is 5.97 Å². The Labute approximate surface area is 146 Å². The second-order valence-corrected chi connectivity index (χ2v) is 6.24. The van der Waals surface area contributed by atoms with Gasteiger partial charge in [0, 0.05) is 6.20 Å². The van der Waals surface area contributed by atoms with Gasteiger partial charge in [-0.2, -0.15) is 0 Å². The average Bonchev–Trinajstić information content (AvgIpc) is 2.62. The molecule has 1 N–H and O–H groups in total. The van der Waals surface area contributed by atoms with Gasteiger partial charge in [0.1, 0.15) is 0 Å². The maximum Gasteiger partial charge on any atom is 0.359 e. The quantitative estimate of drug-likeness (QED) is 0.866. The van der Waals surface area contributed by atoms with Crippen molar-refractivity contribution >= 4 is 11.9 Å². The van der Waals surface area contributed by atoms with Crippen LogP contribution in [0.5, 0.6) is 0 Å². The first-order valence-electron chi connectivity index (χ1n) is 8.42. The van der Waals surface area contributed by atoms with E-state index in [-0.39, 0.29) is 17.6 Å². The van der Waals surface area contributed by atoms with Crippen LogP contribution in [-0.4, -0.2) is 27.9 Å². The number of nitrogens with one attached hydrogen (secondary N) is 1. The van der Waals surface area contributed by atoms with Crippen molar-refractivity contribution in [1.82, 2.24) is 15.3 Å². The molecule has 1 amide bonds. The molecule has 3 rings (SSSR count). The highest BCUT2D eigenvalue weighted by atomic mass is 16.5. The predicted octanol–water partition coefficient (Wildman–Crippen LogP) is 2.52. The van der Waals surface area contributed by atoms with Gasteiger partial charge in [-0.15, -0.1) is 0 Å². The molecule has 0 unspecified atom stereocenters. The zero-order valence-corrected chi connectivity index (χ0v) is 14.4. The Morgan fingerprint density at radius 3 is 2.80 bits per heavy atom. The molecule has 0 aliphatic heterocycles. The second kappa shape index (κ2) is 7.42. The number of nitrogens with zero attached hydrogens (tertiary/aromatic N) is 2. The molecule has 6 heteroatoms. The summed E-state index contributed by atoms with van der Waals surface area (Å²) in [5.41, 5.74) is 3.20. The van der Waals surface area contributed by atoms with E-state index in [1.54, 1.807) is 13.8 Å². The number of benzene rings is 1. The molecule has 1 heterocycles. The lowest BCUT2D eigenvalue weighted by atomic mass is 9.87. The van der Waals surface area contributed by atoms with Gasteiger partial charge in [0.2, 0.25) is 0 Å². The summed E-state index contributed by atoms with van der Waals surface area (Å²) in [5, 5.41) is 2.99. The van der Waals surface area contributed by atoms with E-state index >= 15 is 0 Å². The van der Waals surface area contributed by atoms with Gasteiger partial charge in [0.25, 0.3) is 5.91 Å². The minimum absolute atomic E-state index is 0.0437. The molecular formula is C19H21N3O3. The van der Waals surface area contributed by atoms with Gasteiger partial charge in [-0.05, 0) is 44.2 Å². The summed E-state index contributed by atoms with van der Waals surface area (Å²) in [6, 6.07) is 8.07. The van der Waals surface area contributed by atoms with Crippen LogP contribution in [-0.2, 0) is 16.0 Å². The minimum atomic E-state index is -0.898. The highest BCUT2D eigenvalue weighted by molar-refractivity contribution is 5.90. The smallest absolute Gasteiger partial charge is 0.359 e. The molecular weight excluding hydrogens is 318 g/mol. The summed E-state index contributed by atoms with van der Waals surface area (Å²) < 4.78 is 5.21. The molecule has 1 aromatic heterocycles. The summed E-state index contributed by atoms with van der Waals surface area (Å²) >= 11 is 0. The monoisotopic (exact) mass is 339 g/mol. The Bertz CT molecular complexity index is 774. The lowest BCUT2D eigenvalue weighted by Crippen LogP contribution is -2.39. The maximum absolute atomic E-state index is 12.4. The van der Waals surface area contributed by atoms with E-state index in [1.807, 2.05) is 18.2 Å². The Balaban J connectivity index is 1.62. The molecule has 0 saturated heterocycles. The first-order valence-corrected chi connectivity index (χ1v) is 8.42. The standard InChI is InChI=1S/C19H21N3O3/c1-12-10-21-17(11-20-12)19(24)25-13(2)18(23)22-16-9-5-7-14-6-3-4-8-15(14)16/h3-4,6,8,10-11,13,16H,5,7,9H2,1-2H3,(H,22,23)/t13-,16+/m1/s1. The van der Waals surface area contributed by atoms with Gasteiger partial charge in [0.15, 0.2) is 11.8 Å². The highest BCUT2D eigenvalue weighted by Crippen LogP contribution is 2.29. The fraction of sp³-hybridized carbons (Fsp3) is 0.368. The number of esters is 1. The normalized spacial score (nSPS) is 17.3. The number of ether oxygens (including phenoxy) is 1. The molecule has 1 aromatic carbocycles. The van der Waals surface area contributed by atoms with E-state index in [2.05, 4.69) is 21.4 Å². The molecule has 1 aliphatic rings. The van der Waals surface area contributed by atoms with E-state index < -0.39 is 12.1 Å². The van der Waals surface area contributed by atoms with Crippen molar-refractivity contribution in [3.05, 3.63) is 59.2 Å². The molecule has 2 aromatic rings. The molecule has 0 radical (unpaired) electrons. The summed E-state index contributed by atoms with van der Waals surface area (Å²) in [6.45, 7) is 3.34. The lowest BCUT2D eigenvalue weighted by molar-refractivity contribution is -0.130. The number of amides is 1. The van der Waals surface area contributed by atoms with Crippen LogP contribution < -0.4 is 5.32 Å². The van der Waals surface area contributed by atoms with E-state index in [0.717, 1.165) is 24.8 Å². The van der Waals surface area contributed by atoms with Crippen molar-refractivity contribution in [1.29, 1.82) is 0 Å². The fourth-order valence-electron chi connectivity index (χ4n) is 2.97. The molecule has 0 bridgehead atoms. The zero-order chi connectivity index (χ0) is 17.8. The van der Waals surface area contributed by atoms with Crippen LogP contribution in [0.3, 0.4) is 0 Å². The first-order chi connectivity index (χ1) is 12.0. The molecule has 1 aliphatic carbocycles. The average molecular weight is 339 g/mol. The van der Waals surface area contributed by atoms with E-state index in [9.17, 15) is 9.59 Å². The van der Waals surface area contributed by atoms with E-state index in [1.165, 1.54) is 18.0 Å². The van der Waals surface area contributed by atoms with Crippen LogP contribution in [0, 0.1) is 6.92 Å². The van der Waals surface area contributed by atoms with E-state index in [4.69, 9.17) is 4.74 Å². The van der Waals surface area contributed by atoms with Crippen LogP contribution in [0.2, 0.25) is 0 Å². The number of carbonyl (C=O) groups excluding carboxylic acids is 2. The molecule has 0 fully saturated rings. The van der Waals surface area contributed by atoms with Gasteiger partial charge in [-0.1, -0.05) is 24.3 Å². The zero-order valence-electron chi connectivity index (χ0n) is 14.4. The topological polar surface area (TPSA) is 81.2 Å². The van der Waals surface area contributed by atoms with Crippen molar-refractivity contribution in [2.45, 2.75) is 45.3 Å². The molecule has 0 spiro atoms. The molecule has 25 heavy (non-hydrogen) atoms. The number of rotatable bonds is 4. The van der Waals surface area contributed by atoms with Crippen molar-refractivity contribution in [2.24, 2.45) is 0 Å². The predicted molar refractivity (Wildman–Crippen MR) is 91.9 cm³/mol. The summed E-state index contributed by atoms with van der Waals surface area (Å²) in [5.74, 6) is -0.964. The van der Waals surface area contributed by atoms with Crippen LogP contribution in [0.1, 0.15) is 53.1 Å². The third-order valence-electron chi connectivity index (χ3n) is 4.33. The SMILES string of the molecule is Cc1cnc(C(=O)O[C@H](C)C(=O)N[C@H]2CCCc3ccccc32)cn1. The third kappa shape index (κ3) is 4.02. The van der Waals surface area contributed by atoms with Gasteiger partial charge < -0.3 is 10.1 Å². The van der Waals surface area contributed by atoms with E-state index in [0.29, 0.717) is 5.69 Å². The third-order valence-corrected chi connectivity index (χ3v) is 4.33. The number of aromatic nitrogens is 2. The van der Waals surface area contributed by atoms with Crippen LogP contribution in [0.15, 0.2) is 36.7 Å². The van der Waals surface area contributed by atoms with Crippen molar-refractivity contribution in [3.63, 3.8) is 0 Å². The number of hydrogen-bond donors (Lipinski definition) is 1. The maximum atomic E-state index is 12.4. The Hall–Kier alpha value is -2.76. The van der Waals surface area contributed by atoms with Crippen LogP contribution in [0.25, 0.3) is 0 Å². The minimum Gasteiger partial charge on any atom is -0.448 e. The lowest BCUT2D eigenvalue weighted by Gasteiger charge is -2.27. The van der Waals surface area contributed by atoms with Crippen LogP contribution in [0.4, 0.5) is 0 Å². The number of hydrogen-bond acceptors (Lipinski definition) is 5. The summed E-state index contributed by atoms with van der Waals surface area (Å²) in [7, 11) is 0. The number of carbonyl (C=O) groups is 2. The Morgan fingerprint density at radius 2 is 2.04 bits per heavy atom. The molecule has 2 atom stereocenters. The van der Waals surface area contributed by atoms with Gasteiger partial charge in [-0.3, -0.25) is 9.78 Å². The second-order valence-electron chi connectivity index (χ2n) is 6.24. The fourth-order valence-corrected chi connectivity index (χ4v) is 2.97. The van der Waals surface area contributed by atoms with Gasteiger partial charge in [-0.25, -0.2) is 9.78 Å². The van der Waals surface area contributed by atoms with Crippen molar-refractivity contribution in [3.8, 4) is 0 Å². The Morgan fingerprint density at radius 1 is 1.24 bits per heavy atom. The van der Waals surface area contributed by atoms with Gasteiger partial charge in [0.05, 0.1) is 17.9 Å². The number of aryl methyl sites for hydroxylation is 2. The highest BCUT2D eigenvalue weighted by Gasteiger charge is 2.25. The first kappa shape index (κ1) is 17.1. The number of fused-ring (bicyclic) bond motifs is 1. The summed E-state index contributed by atoms with van der Waals surface area (Å²) in [6.07, 6.45) is 4.87. The Kier molecular flexibility index (Phi) is 5.07. The van der Waals surface area contributed by atoms with Crippen molar-refractivity contribution in [2.75, 3.05) is 0 Å². The van der Waals surface area contributed by atoms with Crippen LogP contribution >= 0.6 is 0 Å². The molecule has 6 nitrogen and oxygen atoms in total. The molecule has 130 valence electrons. The van der Waals surface area contributed by atoms with Crippen molar-refractivity contribution < 1.29 is 14.3 Å².